The van der Waals surface area contributed by atoms with Gasteiger partial charge >= 0.3 is 0 Å². The molecule has 0 saturated heterocycles. The van der Waals surface area contributed by atoms with Crippen LogP contribution in [0.15, 0.2) is 73.1 Å². The summed E-state index contributed by atoms with van der Waals surface area (Å²) in [5.74, 6) is 0.00973. The molecule has 0 aliphatic heterocycles. The van der Waals surface area contributed by atoms with Crippen LogP contribution in [0.2, 0.25) is 0 Å². The van der Waals surface area contributed by atoms with E-state index < -0.39 is 0 Å². The molecule has 3 aromatic rings. The van der Waals surface area contributed by atoms with Crippen LogP contribution >= 0.6 is 0 Å². The first-order valence-corrected chi connectivity index (χ1v) is 8.75. The number of hydrogen-bond acceptors (Lipinski definition) is 1. The molecule has 2 aromatic carbocycles. The molecule has 1 N–H and O–H groups in total. The van der Waals surface area contributed by atoms with Gasteiger partial charge in [-0.15, -0.1) is 0 Å². The molecule has 0 spiro atoms. The maximum atomic E-state index is 12.5. The molecule has 1 heterocycles. The first kappa shape index (κ1) is 18.9. The Kier molecular flexibility index (Phi) is 6.34. The average molecular weight is 418 g/mol. The van der Waals surface area contributed by atoms with Crippen molar-refractivity contribution in [2.75, 3.05) is 5.32 Å². The van der Waals surface area contributed by atoms with Gasteiger partial charge in [0.1, 0.15) is 0 Å². The summed E-state index contributed by atoms with van der Waals surface area (Å²) in [4.78, 5) is 12.5. The van der Waals surface area contributed by atoms with Gasteiger partial charge < -0.3 is 5.32 Å². The minimum absolute atomic E-state index is 0. The Balaban J connectivity index is 0.00000196. The number of aryl methyl sites for hydroxylation is 1. The second kappa shape index (κ2) is 8.70. The van der Waals surface area contributed by atoms with Crippen LogP contribution < -0.4 is 9.88 Å². The summed E-state index contributed by atoms with van der Waals surface area (Å²) in [6.07, 6.45) is 7.30. The molecule has 1 aromatic heterocycles. The second-order valence-electron chi connectivity index (χ2n) is 6.48. The number of carbonyl (C=O) groups excluding carboxylic acids is 1. The van der Waals surface area contributed by atoms with Gasteiger partial charge in [-0.2, -0.15) is 4.57 Å². The number of nitrogens with zero attached hydrogens (tertiary/aromatic N) is 1. The van der Waals surface area contributed by atoms with Crippen LogP contribution in [0.3, 0.4) is 0 Å². The summed E-state index contributed by atoms with van der Waals surface area (Å²) in [5.41, 5.74) is 5.91. The Morgan fingerprint density at radius 2 is 1.73 bits per heavy atom. The number of aromatic nitrogens is 1. The van der Waals surface area contributed by atoms with Crippen LogP contribution in [-0.2, 0) is 56.9 Å². The van der Waals surface area contributed by atoms with Gasteiger partial charge in [-0.25, -0.2) is 0 Å². The normalized spacial score (nSPS) is 12.2. The molecule has 1 amide bonds. The summed E-state index contributed by atoms with van der Waals surface area (Å²) >= 11 is 0. The van der Waals surface area contributed by atoms with Gasteiger partial charge in [0.05, 0.1) is 0 Å². The Morgan fingerprint density at radius 3 is 2.58 bits per heavy atom. The molecule has 0 fully saturated rings. The second-order valence-corrected chi connectivity index (χ2v) is 6.48. The molecule has 1 aliphatic carbocycles. The maximum Gasteiger partial charge on any atom is 0.290 e. The van der Waals surface area contributed by atoms with E-state index in [2.05, 4.69) is 29.6 Å². The molecule has 3 nitrogen and oxygen atoms in total. The van der Waals surface area contributed by atoms with Crippen LogP contribution in [-0.4, -0.2) is 5.91 Å². The third-order valence-electron chi connectivity index (χ3n) is 4.71. The predicted molar refractivity (Wildman–Crippen MR) is 99.2 cm³/mol. The van der Waals surface area contributed by atoms with Crippen molar-refractivity contribution < 1.29 is 42.1 Å². The summed E-state index contributed by atoms with van der Waals surface area (Å²) in [5, 5.41) is 3.09. The Labute approximate surface area is 179 Å². The summed E-state index contributed by atoms with van der Waals surface area (Å²) in [6.45, 7) is 0.310. The van der Waals surface area contributed by atoms with E-state index in [9.17, 15) is 4.79 Å². The summed E-state index contributed by atoms with van der Waals surface area (Å²) in [7, 11) is 0. The van der Waals surface area contributed by atoms with Gasteiger partial charge in [-0.3, -0.25) is 4.79 Å². The van der Waals surface area contributed by atoms with Gasteiger partial charge in [-0.1, -0.05) is 42.5 Å². The monoisotopic (exact) mass is 418 g/mol. The zero-order valence-electron chi connectivity index (χ0n) is 14.7. The van der Waals surface area contributed by atoms with Gasteiger partial charge in [0.25, 0.3) is 5.91 Å². The van der Waals surface area contributed by atoms with Gasteiger partial charge in [0.15, 0.2) is 12.4 Å². The molecular formula is C22H21N2OY+. The number of benzene rings is 2. The smallest absolute Gasteiger partial charge is 0.290 e. The molecule has 1 aliphatic rings. The van der Waals surface area contributed by atoms with Crippen molar-refractivity contribution in [3.05, 3.63) is 84.2 Å². The van der Waals surface area contributed by atoms with E-state index in [1.165, 1.54) is 17.5 Å². The molecule has 0 atom stereocenters. The molecule has 0 saturated carbocycles. The molecule has 4 heteroatoms. The summed E-state index contributed by atoms with van der Waals surface area (Å²) in [6, 6.07) is 20.5. The Morgan fingerprint density at radius 1 is 0.923 bits per heavy atom. The fraction of sp³-hybridized carbons (Fsp3) is 0.182. The van der Waals surface area contributed by atoms with Gasteiger partial charge in [-0.05, 0) is 48.1 Å². The molecule has 0 unspecified atom stereocenters. The van der Waals surface area contributed by atoms with E-state index in [4.69, 9.17) is 0 Å². The van der Waals surface area contributed by atoms with E-state index in [1.54, 1.807) is 0 Å². The van der Waals surface area contributed by atoms with Crippen molar-refractivity contribution in [1.82, 2.24) is 0 Å². The number of rotatable bonds is 4. The fourth-order valence-electron chi connectivity index (χ4n) is 3.51. The van der Waals surface area contributed by atoms with Gasteiger partial charge in [0, 0.05) is 50.0 Å². The third-order valence-corrected chi connectivity index (χ3v) is 4.71. The maximum absolute atomic E-state index is 12.5. The van der Waals surface area contributed by atoms with E-state index in [-0.39, 0.29) is 38.6 Å². The van der Waals surface area contributed by atoms with E-state index in [1.807, 2.05) is 53.4 Å². The van der Waals surface area contributed by atoms with Crippen molar-refractivity contribution in [2.45, 2.75) is 25.8 Å². The quantitative estimate of drug-likeness (QED) is 0.643. The molecule has 4 rings (SSSR count). The van der Waals surface area contributed by atoms with Crippen LogP contribution in [0.5, 0.6) is 0 Å². The number of nitrogens with one attached hydrogen (secondary N) is 1. The average Bonchev–Trinajstić information content (AvgIpc) is 3.12. The molecule has 127 valence electrons. The number of fused-ring (bicyclic) bond motifs is 1. The number of anilines is 1. The first-order valence-electron chi connectivity index (χ1n) is 8.75. The molecular weight excluding hydrogens is 397 g/mol. The fourth-order valence-corrected chi connectivity index (χ4v) is 3.51. The van der Waals surface area contributed by atoms with E-state index in [0.717, 1.165) is 29.7 Å². The number of amides is 1. The van der Waals surface area contributed by atoms with Crippen molar-refractivity contribution in [3.8, 4) is 11.1 Å². The zero-order valence-corrected chi connectivity index (χ0v) is 17.5. The molecule has 1 radical (unpaired) electrons. The number of hydrogen-bond donors (Lipinski definition) is 1. The standard InChI is InChI=1S/C22H20N2O.Y/c25-22(23-21-13-5-10-18-9-4-12-20(18)21)16-24-14-6-11-19(15-24)17-7-2-1-3-8-17;/h1-3,5-8,10-11,13-15H,4,9,12,16H2;/p+1. The van der Waals surface area contributed by atoms with E-state index in [0.29, 0.717) is 6.54 Å². The van der Waals surface area contributed by atoms with Crippen LogP contribution in [0, 0.1) is 0 Å². The third kappa shape index (κ3) is 4.28. The minimum Gasteiger partial charge on any atom is -0.320 e. The summed E-state index contributed by atoms with van der Waals surface area (Å²) < 4.78 is 1.93. The number of pyridine rings is 1. The predicted octanol–water partition coefficient (Wildman–Crippen LogP) is 3.77. The van der Waals surface area contributed by atoms with Crippen molar-refractivity contribution in [3.63, 3.8) is 0 Å². The zero-order chi connectivity index (χ0) is 17.1. The van der Waals surface area contributed by atoms with Crippen molar-refractivity contribution >= 4 is 11.6 Å². The Bertz CT molecular complexity index is 909. The topological polar surface area (TPSA) is 33.0 Å². The molecule has 0 bridgehead atoms. The Hall–Kier alpha value is -1.84. The van der Waals surface area contributed by atoms with Gasteiger partial charge in [0.2, 0.25) is 6.54 Å². The van der Waals surface area contributed by atoms with Crippen LogP contribution in [0.25, 0.3) is 11.1 Å². The largest absolute Gasteiger partial charge is 0.320 e. The SMILES string of the molecule is O=C(C[n+]1cccc(-c2ccccc2)c1)Nc1cccc2c1CCC2.[Y]. The van der Waals surface area contributed by atoms with Crippen LogP contribution in [0.1, 0.15) is 17.5 Å². The molecule has 26 heavy (non-hydrogen) atoms. The van der Waals surface area contributed by atoms with Crippen LogP contribution in [0.4, 0.5) is 5.69 Å². The van der Waals surface area contributed by atoms with Crippen molar-refractivity contribution in [2.24, 2.45) is 0 Å². The first-order chi connectivity index (χ1) is 12.3. The van der Waals surface area contributed by atoms with E-state index >= 15 is 0 Å². The minimum atomic E-state index is 0. The number of carbonyl (C=O) groups is 1. The van der Waals surface area contributed by atoms with Crippen molar-refractivity contribution in [1.29, 1.82) is 0 Å².